The van der Waals surface area contributed by atoms with E-state index in [0.29, 0.717) is 5.02 Å². The van der Waals surface area contributed by atoms with Crippen LogP contribution in [0.25, 0.3) is 5.69 Å². The van der Waals surface area contributed by atoms with Gasteiger partial charge in [0.15, 0.2) is 0 Å². The van der Waals surface area contributed by atoms with Crippen molar-refractivity contribution >= 4 is 11.6 Å². The summed E-state index contributed by atoms with van der Waals surface area (Å²) in [5, 5.41) is 14.1. The third-order valence-electron chi connectivity index (χ3n) is 2.21. The number of benzene rings is 1. The van der Waals surface area contributed by atoms with Crippen LogP contribution in [-0.4, -0.2) is 14.9 Å². The number of hydrogen-bond donors (Lipinski definition) is 1. The summed E-state index contributed by atoms with van der Waals surface area (Å²) in [5.74, 6) is 0. The SMILES string of the molecule is C[C@H](O)c1ccc(-n2cccn2)c(Cl)c1. The summed E-state index contributed by atoms with van der Waals surface area (Å²) in [6.45, 7) is 1.71. The maximum absolute atomic E-state index is 9.39. The smallest absolute Gasteiger partial charge is 0.0831 e. The summed E-state index contributed by atoms with van der Waals surface area (Å²) in [4.78, 5) is 0. The quantitative estimate of drug-likeness (QED) is 0.848. The Hall–Kier alpha value is -1.32. The zero-order valence-electron chi connectivity index (χ0n) is 8.26. The topological polar surface area (TPSA) is 38.0 Å². The van der Waals surface area contributed by atoms with Gasteiger partial charge in [-0.3, -0.25) is 0 Å². The summed E-state index contributed by atoms with van der Waals surface area (Å²) in [7, 11) is 0. The predicted octanol–water partition coefficient (Wildman–Crippen LogP) is 2.58. The van der Waals surface area contributed by atoms with Crippen LogP contribution in [-0.2, 0) is 0 Å². The van der Waals surface area contributed by atoms with Gasteiger partial charge >= 0.3 is 0 Å². The number of aromatic nitrogens is 2. The highest BCUT2D eigenvalue weighted by Gasteiger charge is 2.06. The lowest BCUT2D eigenvalue weighted by Gasteiger charge is -2.08. The van der Waals surface area contributed by atoms with Crippen LogP contribution in [0.3, 0.4) is 0 Å². The van der Waals surface area contributed by atoms with Crippen LogP contribution >= 0.6 is 11.6 Å². The number of hydrogen-bond acceptors (Lipinski definition) is 2. The van der Waals surface area contributed by atoms with Gasteiger partial charge in [0.2, 0.25) is 0 Å². The fraction of sp³-hybridized carbons (Fsp3) is 0.182. The molecule has 1 aromatic carbocycles. The summed E-state index contributed by atoms with van der Waals surface area (Å²) >= 11 is 6.09. The molecule has 0 amide bonds. The van der Waals surface area contributed by atoms with Crippen molar-refractivity contribution in [2.24, 2.45) is 0 Å². The Balaban J connectivity index is 2.44. The first-order valence-electron chi connectivity index (χ1n) is 4.66. The maximum Gasteiger partial charge on any atom is 0.0831 e. The van der Waals surface area contributed by atoms with Crippen LogP contribution < -0.4 is 0 Å². The molecule has 0 fully saturated rings. The summed E-state index contributed by atoms with van der Waals surface area (Å²) in [5.41, 5.74) is 1.61. The zero-order valence-corrected chi connectivity index (χ0v) is 9.02. The molecule has 0 spiro atoms. The normalized spacial score (nSPS) is 12.7. The highest BCUT2D eigenvalue weighted by Crippen LogP contribution is 2.24. The van der Waals surface area contributed by atoms with Crippen molar-refractivity contribution in [2.45, 2.75) is 13.0 Å². The second-order valence-electron chi connectivity index (χ2n) is 3.34. The van der Waals surface area contributed by atoms with Crippen LogP contribution in [0.4, 0.5) is 0 Å². The van der Waals surface area contributed by atoms with Gasteiger partial charge in [-0.1, -0.05) is 17.7 Å². The highest BCUT2D eigenvalue weighted by molar-refractivity contribution is 6.32. The molecule has 0 saturated carbocycles. The number of aliphatic hydroxyl groups excluding tert-OH is 1. The Morgan fingerprint density at radius 1 is 1.47 bits per heavy atom. The van der Waals surface area contributed by atoms with Crippen molar-refractivity contribution < 1.29 is 5.11 Å². The van der Waals surface area contributed by atoms with Gasteiger partial charge in [0, 0.05) is 12.4 Å². The minimum Gasteiger partial charge on any atom is -0.389 e. The average molecular weight is 223 g/mol. The van der Waals surface area contributed by atoms with E-state index in [1.807, 2.05) is 24.4 Å². The molecule has 3 nitrogen and oxygen atoms in total. The number of aliphatic hydroxyl groups is 1. The van der Waals surface area contributed by atoms with Crippen LogP contribution in [0.2, 0.25) is 5.02 Å². The second kappa shape index (κ2) is 4.04. The monoisotopic (exact) mass is 222 g/mol. The molecular weight excluding hydrogens is 212 g/mol. The molecule has 2 rings (SSSR count). The maximum atomic E-state index is 9.39. The Bertz CT molecular complexity index is 452. The molecule has 0 aliphatic rings. The standard InChI is InChI=1S/C11H11ClN2O/c1-8(15)9-3-4-11(10(12)7-9)14-6-2-5-13-14/h2-8,15H,1H3/t8-/m0/s1. The van der Waals surface area contributed by atoms with Crippen LogP contribution in [0.1, 0.15) is 18.6 Å². The molecule has 1 atom stereocenters. The molecule has 0 saturated heterocycles. The van der Waals surface area contributed by atoms with Crippen molar-refractivity contribution in [3.63, 3.8) is 0 Å². The highest BCUT2D eigenvalue weighted by atomic mass is 35.5. The van der Waals surface area contributed by atoms with Crippen molar-refractivity contribution in [1.82, 2.24) is 9.78 Å². The van der Waals surface area contributed by atoms with E-state index in [2.05, 4.69) is 5.10 Å². The fourth-order valence-corrected chi connectivity index (χ4v) is 1.66. The zero-order chi connectivity index (χ0) is 10.8. The van der Waals surface area contributed by atoms with Crippen LogP contribution in [0, 0.1) is 0 Å². The fourth-order valence-electron chi connectivity index (χ4n) is 1.38. The molecule has 1 heterocycles. The molecule has 78 valence electrons. The lowest BCUT2D eigenvalue weighted by Crippen LogP contribution is -1.97. The van der Waals surface area contributed by atoms with Gasteiger partial charge in [-0.15, -0.1) is 0 Å². The Morgan fingerprint density at radius 2 is 2.27 bits per heavy atom. The minimum atomic E-state index is -0.505. The van der Waals surface area contributed by atoms with Gasteiger partial charge in [-0.25, -0.2) is 4.68 Å². The lowest BCUT2D eigenvalue weighted by atomic mass is 10.1. The average Bonchev–Trinajstić information content (AvgIpc) is 2.70. The first-order chi connectivity index (χ1) is 7.18. The van der Waals surface area contributed by atoms with Gasteiger partial charge in [0.25, 0.3) is 0 Å². The van der Waals surface area contributed by atoms with Crippen LogP contribution in [0.15, 0.2) is 36.7 Å². The number of nitrogens with zero attached hydrogens (tertiary/aromatic N) is 2. The van der Waals surface area contributed by atoms with E-state index in [1.165, 1.54) is 0 Å². The molecule has 0 aliphatic heterocycles. The van der Waals surface area contributed by atoms with Gasteiger partial charge in [-0.2, -0.15) is 5.10 Å². The molecule has 0 aliphatic carbocycles. The molecule has 2 aromatic rings. The third kappa shape index (κ3) is 2.03. The minimum absolute atomic E-state index is 0.505. The lowest BCUT2D eigenvalue weighted by molar-refractivity contribution is 0.199. The van der Waals surface area contributed by atoms with Crippen molar-refractivity contribution in [3.8, 4) is 5.69 Å². The van der Waals surface area contributed by atoms with E-state index in [0.717, 1.165) is 11.3 Å². The Labute approximate surface area is 92.9 Å². The van der Waals surface area contributed by atoms with E-state index in [-0.39, 0.29) is 0 Å². The summed E-state index contributed by atoms with van der Waals surface area (Å²) in [6, 6.07) is 7.27. The van der Waals surface area contributed by atoms with E-state index in [9.17, 15) is 5.11 Å². The molecule has 4 heteroatoms. The first-order valence-corrected chi connectivity index (χ1v) is 5.04. The van der Waals surface area contributed by atoms with E-state index in [4.69, 9.17) is 11.6 Å². The summed E-state index contributed by atoms with van der Waals surface area (Å²) < 4.78 is 1.69. The molecule has 1 aromatic heterocycles. The first kappa shape index (κ1) is 10.2. The van der Waals surface area contributed by atoms with Gasteiger partial charge in [-0.05, 0) is 30.7 Å². The van der Waals surface area contributed by atoms with E-state index in [1.54, 1.807) is 23.9 Å². The van der Waals surface area contributed by atoms with E-state index < -0.39 is 6.10 Å². The molecule has 15 heavy (non-hydrogen) atoms. The summed E-state index contributed by atoms with van der Waals surface area (Å²) in [6.07, 6.45) is 3.01. The molecule has 0 bridgehead atoms. The Morgan fingerprint density at radius 3 is 2.80 bits per heavy atom. The number of halogens is 1. The molecule has 0 unspecified atom stereocenters. The molecule has 0 radical (unpaired) electrons. The predicted molar refractivity (Wildman–Crippen MR) is 59.2 cm³/mol. The molecule has 1 N–H and O–H groups in total. The van der Waals surface area contributed by atoms with Crippen molar-refractivity contribution in [3.05, 3.63) is 47.2 Å². The Kier molecular flexibility index (Phi) is 2.75. The van der Waals surface area contributed by atoms with Crippen molar-refractivity contribution in [2.75, 3.05) is 0 Å². The van der Waals surface area contributed by atoms with Gasteiger partial charge < -0.3 is 5.11 Å². The van der Waals surface area contributed by atoms with E-state index >= 15 is 0 Å². The van der Waals surface area contributed by atoms with Crippen LogP contribution in [0.5, 0.6) is 0 Å². The molecular formula is C11H11ClN2O. The van der Waals surface area contributed by atoms with Gasteiger partial charge in [0.1, 0.15) is 0 Å². The third-order valence-corrected chi connectivity index (χ3v) is 2.51. The number of rotatable bonds is 2. The largest absolute Gasteiger partial charge is 0.389 e. The van der Waals surface area contributed by atoms with Gasteiger partial charge in [0.05, 0.1) is 16.8 Å². The van der Waals surface area contributed by atoms with Crippen molar-refractivity contribution in [1.29, 1.82) is 0 Å². The second-order valence-corrected chi connectivity index (χ2v) is 3.74.